The lowest BCUT2D eigenvalue weighted by molar-refractivity contribution is 0.569. The fourth-order valence-electron chi connectivity index (χ4n) is 14.8. The highest BCUT2D eigenvalue weighted by atomic mass is 32.1. The van der Waals surface area contributed by atoms with E-state index in [2.05, 4.69) is 302 Å². The number of hydrogen-bond acceptors (Lipinski definition) is 3. The van der Waals surface area contributed by atoms with Crippen LogP contribution in [-0.2, 0) is 10.8 Å². The predicted octanol–water partition coefficient (Wildman–Crippen LogP) is 22.9. The Morgan fingerprint density at radius 3 is 0.943 bits per heavy atom. The first-order valence-electron chi connectivity index (χ1n) is 30.4. The monoisotopic (exact) mass is 1160 g/mol. The van der Waals surface area contributed by atoms with Crippen molar-refractivity contribution < 1.29 is 0 Å². The fraction of sp³-hybridized carbons (Fsp3) is 0.0988. The molecule has 0 saturated carbocycles. The Kier molecular flexibility index (Phi) is 10.7. The van der Waals surface area contributed by atoms with E-state index < -0.39 is 0 Å². The second kappa shape index (κ2) is 18.4. The van der Waals surface area contributed by atoms with Crippen LogP contribution in [0.5, 0.6) is 0 Å². The van der Waals surface area contributed by atoms with Crippen molar-refractivity contribution in [3.8, 4) is 39.9 Å². The van der Waals surface area contributed by atoms with E-state index in [0.717, 1.165) is 121 Å². The van der Waals surface area contributed by atoms with Crippen LogP contribution in [0.15, 0.2) is 237 Å². The Bertz CT molecular complexity index is 5640. The second-order valence-electron chi connectivity index (χ2n) is 25.9. The molecule has 0 N–H and O–H groups in total. The molecule has 0 unspecified atom stereocenters. The quantitative estimate of drug-likeness (QED) is 0.169. The molecule has 88 heavy (non-hydrogen) atoms. The summed E-state index contributed by atoms with van der Waals surface area (Å²) in [6, 6.07) is 91.1. The molecule has 0 bridgehead atoms. The van der Waals surface area contributed by atoms with Gasteiger partial charge in [0.25, 0.3) is 0 Å². The van der Waals surface area contributed by atoms with E-state index in [9.17, 15) is 5.26 Å². The van der Waals surface area contributed by atoms with Gasteiger partial charge in [-0.25, -0.2) is 0 Å². The van der Waals surface area contributed by atoms with Crippen LogP contribution in [0.4, 0.5) is 0 Å². The van der Waals surface area contributed by atoms with Gasteiger partial charge in [-0.05, 0) is 76.1 Å². The van der Waals surface area contributed by atoms with E-state index in [1.165, 1.54) is 51.5 Å². The molecular formula is C81H57N5S2. The molecule has 0 aliphatic rings. The highest BCUT2D eigenvalue weighted by Gasteiger charge is 2.37. The number of fused-ring (bicyclic) bond motifs is 20. The molecule has 0 aliphatic carbocycles. The molecule has 0 radical (unpaired) electrons. The molecule has 12 aromatic carbocycles. The maximum absolute atomic E-state index is 13.5. The van der Waals surface area contributed by atoms with Gasteiger partial charge in [-0.3, -0.25) is 0 Å². The predicted molar refractivity (Wildman–Crippen MR) is 377 cm³/mol. The summed E-state index contributed by atoms with van der Waals surface area (Å²) in [6.07, 6.45) is 0. The fourth-order valence-corrected chi connectivity index (χ4v) is 17.3. The van der Waals surface area contributed by atoms with Crippen molar-refractivity contribution in [1.29, 1.82) is 5.26 Å². The Hall–Kier alpha value is -10.2. The van der Waals surface area contributed by atoms with E-state index in [1.54, 1.807) is 0 Å². The van der Waals surface area contributed by atoms with Crippen LogP contribution < -0.4 is 0 Å². The average molecular weight is 1160 g/mol. The topological polar surface area (TPSA) is 43.5 Å². The van der Waals surface area contributed by atoms with Gasteiger partial charge in [0.15, 0.2) is 0 Å². The summed E-state index contributed by atoms with van der Waals surface area (Å²) in [6.45, 7) is 14.1. The molecule has 6 aromatic heterocycles. The van der Waals surface area contributed by atoms with Gasteiger partial charge in [0.1, 0.15) is 11.6 Å². The van der Waals surface area contributed by atoms with Crippen molar-refractivity contribution in [1.82, 2.24) is 18.3 Å². The van der Waals surface area contributed by atoms with Crippen LogP contribution in [0.2, 0.25) is 0 Å². The van der Waals surface area contributed by atoms with Crippen molar-refractivity contribution >= 4 is 150 Å². The standard InChI is InChI=1S/C81H57N5S2/c1-80(2,3)48-43-47(44-49(45-48)81(4,5)6)71-76(83-63-31-15-7-23-50(63)51-24-8-16-32-64(51)83)72(85-67-35-19-11-27-54(67)58-39-41-60-56-29-13-21-37-69(56)87-78(60)74(58)85)62(46-82)73(77(71)84-65-33-17-9-25-52(65)53-26-10-18-34-66(53)84)86-68-36-20-12-28-55(68)59-40-42-61-57-30-14-22-38-70(57)88-79(61)75(59)86/h7-45H,1-6H3. The summed E-state index contributed by atoms with van der Waals surface area (Å²) in [5.74, 6) is 0. The summed E-state index contributed by atoms with van der Waals surface area (Å²) in [7, 11) is 0. The number of nitrogens with zero attached hydrogens (tertiary/aromatic N) is 5. The van der Waals surface area contributed by atoms with Gasteiger partial charge >= 0.3 is 0 Å². The molecule has 0 fully saturated rings. The first-order chi connectivity index (χ1) is 42.9. The van der Waals surface area contributed by atoms with Crippen molar-refractivity contribution in [2.45, 2.75) is 52.4 Å². The zero-order valence-electron chi connectivity index (χ0n) is 49.6. The first kappa shape index (κ1) is 51.0. The number of para-hydroxylation sites is 6. The van der Waals surface area contributed by atoms with Crippen LogP contribution >= 0.6 is 22.7 Å². The second-order valence-corrected chi connectivity index (χ2v) is 28.0. The summed E-state index contributed by atoms with van der Waals surface area (Å²) in [5, 5.41) is 27.4. The minimum Gasteiger partial charge on any atom is -0.306 e. The summed E-state index contributed by atoms with van der Waals surface area (Å²) in [5.41, 5.74) is 16.5. The molecule has 0 atom stereocenters. The van der Waals surface area contributed by atoms with Gasteiger partial charge < -0.3 is 18.3 Å². The Morgan fingerprint density at radius 1 is 0.307 bits per heavy atom. The molecule has 5 nitrogen and oxygen atoms in total. The number of thiophene rings is 2. The van der Waals surface area contributed by atoms with Crippen LogP contribution in [0.1, 0.15) is 58.2 Å². The van der Waals surface area contributed by atoms with E-state index in [-0.39, 0.29) is 10.8 Å². The minimum atomic E-state index is -0.256. The maximum atomic E-state index is 13.5. The maximum Gasteiger partial charge on any atom is 0.104 e. The largest absolute Gasteiger partial charge is 0.306 e. The van der Waals surface area contributed by atoms with E-state index >= 15 is 0 Å². The molecular weight excluding hydrogens is 1110 g/mol. The van der Waals surface area contributed by atoms with E-state index in [4.69, 9.17) is 0 Å². The number of rotatable bonds is 5. The lowest BCUT2D eigenvalue weighted by atomic mass is 9.78. The van der Waals surface area contributed by atoms with Crippen LogP contribution in [0.25, 0.3) is 161 Å². The number of hydrogen-bond donors (Lipinski definition) is 0. The molecule has 0 spiro atoms. The molecule has 418 valence electrons. The van der Waals surface area contributed by atoms with Gasteiger partial charge in [-0.1, -0.05) is 230 Å². The average Bonchev–Trinajstić information content (AvgIpc) is 1.42. The number of aromatic nitrogens is 4. The third-order valence-electron chi connectivity index (χ3n) is 18.9. The van der Waals surface area contributed by atoms with E-state index in [1.807, 2.05) is 22.7 Å². The third kappa shape index (κ3) is 7.01. The van der Waals surface area contributed by atoms with Crippen molar-refractivity contribution in [3.05, 3.63) is 253 Å². The van der Waals surface area contributed by atoms with Crippen LogP contribution in [0.3, 0.4) is 0 Å². The number of nitriles is 1. The zero-order valence-corrected chi connectivity index (χ0v) is 51.2. The van der Waals surface area contributed by atoms with Gasteiger partial charge in [0.05, 0.1) is 76.3 Å². The Labute approximate surface area is 516 Å². The Balaban J connectivity index is 1.22. The lowest BCUT2D eigenvalue weighted by Gasteiger charge is -2.31. The number of benzene rings is 12. The molecule has 0 saturated heterocycles. The Morgan fingerprint density at radius 2 is 0.602 bits per heavy atom. The van der Waals surface area contributed by atoms with Crippen LogP contribution in [-0.4, -0.2) is 18.3 Å². The van der Waals surface area contributed by atoms with Crippen molar-refractivity contribution in [3.63, 3.8) is 0 Å². The van der Waals surface area contributed by atoms with Gasteiger partial charge in [-0.2, -0.15) is 5.26 Å². The van der Waals surface area contributed by atoms with Gasteiger partial charge in [0, 0.05) is 79.6 Å². The third-order valence-corrected chi connectivity index (χ3v) is 21.3. The molecule has 18 rings (SSSR count). The molecule has 6 heterocycles. The van der Waals surface area contributed by atoms with E-state index in [0.29, 0.717) is 5.56 Å². The SMILES string of the molecule is CC(C)(C)c1cc(-c2c(-n3c4ccccc4c4ccccc43)c(-n3c4ccccc4c4ccc5c6ccccc6sc5c43)c(C#N)c(-n3c4ccccc4c4ccc5c6ccccc6sc5c43)c2-n2c3ccccc3c3ccccc32)cc(C(C)(C)C)c1. The highest BCUT2D eigenvalue weighted by Crippen LogP contribution is 2.55. The molecule has 0 amide bonds. The molecule has 18 aromatic rings. The van der Waals surface area contributed by atoms with Crippen molar-refractivity contribution in [2.75, 3.05) is 0 Å². The van der Waals surface area contributed by atoms with Gasteiger partial charge in [0.2, 0.25) is 0 Å². The molecule has 7 heteroatoms. The highest BCUT2D eigenvalue weighted by molar-refractivity contribution is 7.27. The lowest BCUT2D eigenvalue weighted by Crippen LogP contribution is -2.18. The van der Waals surface area contributed by atoms with Gasteiger partial charge in [-0.15, -0.1) is 22.7 Å². The minimum absolute atomic E-state index is 0.256. The van der Waals surface area contributed by atoms with Crippen LogP contribution in [0, 0.1) is 11.3 Å². The molecule has 0 aliphatic heterocycles. The zero-order chi connectivity index (χ0) is 59.1. The smallest absolute Gasteiger partial charge is 0.104 e. The summed E-state index contributed by atoms with van der Waals surface area (Å²) in [4.78, 5) is 0. The normalized spacial score (nSPS) is 12.6. The van der Waals surface area contributed by atoms with Crippen molar-refractivity contribution in [2.24, 2.45) is 0 Å². The summed E-state index contributed by atoms with van der Waals surface area (Å²) >= 11 is 3.68. The first-order valence-corrected chi connectivity index (χ1v) is 32.0. The summed E-state index contributed by atoms with van der Waals surface area (Å²) < 4.78 is 14.9.